The van der Waals surface area contributed by atoms with Crippen LogP contribution >= 0.6 is 12.2 Å². The number of ether oxygens (including phenoxy) is 1. The molecular formula is C15H14N4OS. The third-order valence-electron chi connectivity index (χ3n) is 3.74. The Balaban J connectivity index is 2.01. The van der Waals surface area contributed by atoms with Gasteiger partial charge in [0.2, 0.25) is 0 Å². The maximum absolute atomic E-state index is 5.31. The number of imidazole rings is 1. The first-order valence-corrected chi connectivity index (χ1v) is 7.29. The average molecular weight is 298 g/mol. The van der Waals surface area contributed by atoms with Crippen molar-refractivity contribution < 1.29 is 4.74 Å². The van der Waals surface area contributed by atoms with Crippen molar-refractivity contribution in [3.8, 4) is 17.1 Å². The Hall–Kier alpha value is -2.21. The molecule has 0 amide bonds. The van der Waals surface area contributed by atoms with E-state index in [1.807, 2.05) is 24.3 Å². The van der Waals surface area contributed by atoms with Crippen LogP contribution in [0.15, 0.2) is 30.6 Å². The predicted octanol–water partition coefficient (Wildman–Crippen LogP) is 3.50. The number of aromatic nitrogens is 4. The van der Waals surface area contributed by atoms with Crippen LogP contribution in [0.5, 0.6) is 5.75 Å². The van der Waals surface area contributed by atoms with Crippen molar-refractivity contribution in [2.24, 2.45) is 0 Å². The smallest absolute Gasteiger partial charge is 0.157 e. The molecule has 3 aromatic rings. The summed E-state index contributed by atoms with van der Waals surface area (Å²) in [6.45, 7) is 0. The maximum Gasteiger partial charge on any atom is 0.157 e. The Morgan fingerprint density at radius 3 is 3.00 bits per heavy atom. The van der Waals surface area contributed by atoms with E-state index in [1.165, 1.54) is 12.8 Å². The van der Waals surface area contributed by atoms with Crippen LogP contribution in [-0.2, 0) is 0 Å². The highest BCUT2D eigenvalue weighted by Crippen LogP contribution is 2.41. The molecule has 1 saturated carbocycles. The summed E-state index contributed by atoms with van der Waals surface area (Å²) in [4.78, 5) is 12.0. The van der Waals surface area contributed by atoms with Crippen molar-refractivity contribution in [1.82, 2.24) is 19.5 Å². The number of rotatable bonds is 3. The van der Waals surface area contributed by atoms with Crippen LogP contribution in [0.3, 0.4) is 0 Å². The van der Waals surface area contributed by atoms with Gasteiger partial charge in [0.25, 0.3) is 0 Å². The summed E-state index contributed by atoms with van der Waals surface area (Å²) < 4.78 is 8.08. The maximum atomic E-state index is 5.31. The highest BCUT2D eigenvalue weighted by atomic mass is 32.1. The second kappa shape index (κ2) is 4.66. The van der Waals surface area contributed by atoms with Gasteiger partial charge in [0.1, 0.15) is 22.7 Å². The number of hydrogen-bond acceptors (Lipinski definition) is 4. The second-order valence-electron chi connectivity index (χ2n) is 5.17. The van der Waals surface area contributed by atoms with Crippen LogP contribution in [0.4, 0.5) is 0 Å². The highest BCUT2D eigenvalue weighted by molar-refractivity contribution is 7.71. The zero-order valence-electron chi connectivity index (χ0n) is 11.5. The van der Waals surface area contributed by atoms with Gasteiger partial charge in [-0.05, 0) is 25.0 Å². The van der Waals surface area contributed by atoms with Gasteiger partial charge in [-0.2, -0.15) is 0 Å². The molecule has 6 heteroatoms. The van der Waals surface area contributed by atoms with E-state index in [0.29, 0.717) is 10.7 Å². The van der Waals surface area contributed by atoms with Crippen molar-refractivity contribution >= 4 is 23.4 Å². The molecule has 0 atom stereocenters. The molecule has 21 heavy (non-hydrogen) atoms. The number of aromatic amines is 1. The van der Waals surface area contributed by atoms with Gasteiger partial charge < -0.3 is 14.3 Å². The average Bonchev–Trinajstić information content (AvgIpc) is 3.27. The number of methoxy groups -OCH3 is 1. The zero-order valence-corrected chi connectivity index (χ0v) is 12.4. The quantitative estimate of drug-likeness (QED) is 0.752. The minimum atomic E-state index is 0.490. The first-order valence-electron chi connectivity index (χ1n) is 6.88. The molecule has 0 bridgehead atoms. The van der Waals surface area contributed by atoms with Crippen LogP contribution < -0.4 is 4.74 Å². The molecule has 1 aliphatic rings. The van der Waals surface area contributed by atoms with Gasteiger partial charge in [0.15, 0.2) is 4.64 Å². The normalized spacial score (nSPS) is 14.5. The molecule has 1 aromatic carbocycles. The van der Waals surface area contributed by atoms with Gasteiger partial charge in [-0.1, -0.05) is 24.4 Å². The van der Waals surface area contributed by atoms with E-state index in [9.17, 15) is 0 Å². The monoisotopic (exact) mass is 298 g/mol. The van der Waals surface area contributed by atoms with Gasteiger partial charge in [-0.15, -0.1) is 0 Å². The Morgan fingerprint density at radius 2 is 2.24 bits per heavy atom. The van der Waals surface area contributed by atoms with E-state index in [2.05, 4.69) is 14.5 Å². The summed E-state index contributed by atoms with van der Waals surface area (Å²) >= 11 is 5.30. The summed E-state index contributed by atoms with van der Waals surface area (Å²) in [6, 6.07) is 8.43. The molecule has 0 radical (unpaired) electrons. The molecule has 0 spiro atoms. The van der Waals surface area contributed by atoms with Gasteiger partial charge in [0, 0.05) is 11.6 Å². The molecule has 1 aliphatic carbocycles. The molecule has 2 aromatic heterocycles. The third-order valence-corrected chi connectivity index (χ3v) is 4.04. The molecule has 106 valence electrons. The summed E-state index contributed by atoms with van der Waals surface area (Å²) in [5.74, 6) is 1.74. The van der Waals surface area contributed by atoms with Crippen LogP contribution in [0.1, 0.15) is 18.9 Å². The fourth-order valence-corrected chi connectivity index (χ4v) is 2.78. The zero-order chi connectivity index (χ0) is 14.4. The lowest BCUT2D eigenvalue weighted by molar-refractivity contribution is 0.415. The second-order valence-corrected chi connectivity index (χ2v) is 5.56. The summed E-state index contributed by atoms with van der Waals surface area (Å²) in [5.41, 5.74) is 2.74. The SMILES string of the molecule is COc1cccc(-c2nc3c(=S)nc[nH]c3n2C2CC2)c1. The number of benzene rings is 1. The molecule has 4 rings (SSSR count). The van der Waals surface area contributed by atoms with Crippen molar-refractivity contribution in [3.05, 3.63) is 35.2 Å². The van der Waals surface area contributed by atoms with Gasteiger partial charge in [-0.3, -0.25) is 0 Å². The van der Waals surface area contributed by atoms with E-state index < -0.39 is 0 Å². The van der Waals surface area contributed by atoms with E-state index in [-0.39, 0.29) is 0 Å². The Labute approximate surface area is 126 Å². The Kier molecular flexibility index (Phi) is 2.78. The van der Waals surface area contributed by atoms with Crippen molar-refractivity contribution in [2.75, 3.05) is 7.11 Å². The Morgan fingerprint density at radius 1 is 1.38 bits per heavy atom. The van der Waals surface area contributed by atoms with E-state index >= 15 is 0 Å². The topological polar surface area (TPSA) is 55.7 Å². The van der Waals surface area contributed by atoms with Crippen molar-refractivity contribution in [3.63, 3.8) is 0 Å². The van der Waals surface area contributed by atoms with Crippen LogP contribution in [0, 0.1) is 4.64 Å². The van der Waals surface area contributed by atoms with E-state index in [1.54, 1.807) is 13.4 Å². The van der Waals surface area contributed by atoms with Crippen LogP contribution in [0.2, 0.25) is 0 Å². The molecule has 2 heterocycles. The number of H-pyrrole nitrogens is 1. The first-order chi connectivity index (χ1) is 10.3. The van der Waals surface area contributed by atoms with E-state index in [0.717, 1.165) is 28.3 Å². The molecule has 1 N–H and O–H groups in total. The van der Waals surface area contributed by atoms with Crippen LogP contribution in [-0.4, -0.2) is 26.6 Å². The van der Waals surface area contributed by atoms with Crippen molar-refractivity contribution in [2.45, 2.75) is 18.9 Å². The third kappa shape index (κ3) is 2.03. The van der Waals surface area contributed by atoms with Gasteiger partial charge >= 0.3 is 0 Å². The van der Waals surface area contributed by atoms with Gasteiger partial charge in [-0.25, -0.2) is 9.97 Å². The lowest BCUT2D eigenvalue weighted by Crippen LogP contribution is -1.99. The first kappa shape index (κ1) is 12.5. The molecule has 1 fully saturated rings. The highest BCUT2D eigenvalue weighted by Gasteiger charge is 2.29. The molecule has 0 unspecified atom stereocenters. The number of nitrogens with zero attached hydrogens (tertiary/aromatic N) is 3. The van der Waals surface area contributed by atoms with Gasteiger partial charge in [0.05, 0.1) is 13.4 Å². The fraction of sp³-hybridized carbons (Fsp3) is 0.267. The predicted molar refractivity (Wildman–Crippen MR) is 83.0 cm³/mol. The standard InChI is InChI=1S/C15H14N4OS/c1-20-11-4-2-3-9(7-11)13-18-12-14(16-8-17-15(12)21)19(13)10-5-6-10/h2-4,7-8,10H,5-6H2,1H3,(H,16,17,21). The Bertz CT molecular complexity index is 879. The lowest BCUT2D eigenvalue weighted by Gasteiger charge is -2.08. The minimum Gasteiger partial charge on any atom is -0.497 e. The summed E-state index contributed by atoms with van der Waals surface area (Å²) in [7, 11) is 1.67. The minimum absolute atomic E-state index is 0.490. The number of fused-ring (bicyclic) bond motifs is 1. The van der Waals surface area contributed by atoms with Crippen molar-refractivity contribution in [1.29, 1.82) is 0 Å². The summed E-state index contributed by atoms with van der Waals surface area (Å²) in [5, 5.41) is 0. The molecular weight excluding hydrogens is 284 g/mol. The van der Waals surface area contributed by atoms with E-state index in [4.69, 9.17) is 21.9 Å². The fourth-order valence-electron chi connectivity index (χ4n) is 2.59. The number of nitrogens with one attached hydrogen (secondary N) is 1. The summed E-state index contributed by atoms with van der Waals surface area (Å²) in [6.07, 6.45) is 3.98. The largest absolute Gasteiger partial charge is 0.497 e. The number of hydrogen-bond donors (Lipinski definition) is 1. The molecule has 0 saturated heterocycles. The molecule has 0 aliphatic heterocycles. The van der Waals surface area contributed by atoms with Crippen LogP contribution in [0.25, 0.3) is 22.6 Å². The molecule has 5 nitrogen and oxygen atoms in total. The lowest BCUT2D eigenvalue weighted by atomic mass is 10.2.